The smallest absolute Gasteiger partial charge is 0.245 e. The summed E-state index contributed by atoms with van der Waals surface area (Å²) in [4.78, 5) is 63.5. The van der Waals surface area contributed by atoms with Gasteiger partial charge in [0.25, 0.3) is 0 Å². The molecule has 0 saturated carbocycles. The topological polar surface area (TPSA) is 113 Å². The molecule has 1 aliphatic heterocycles. The zero-order chi connectivity index (χ0) is 23.0. The van der Waals surface area contributed by atoms with Gasteiger partial charge in [-0.3, -0.25) is 24.0 Å². The molecule has 8 nitrogen and oxygen atoms in total. The normalized spacial score (nSPS) is 17.5. The van der Waals surface area contributed by atoms with Crippen LogP contribution in [0.3, 0.4) is 0 Å². The molecule has 1 aromatic carbocycles. The number of hydrogen-bond acceptors (Lipinski definition) is 5. The van der Waals surface area contributed by atoms with Crippen molar-refractivity contribution in [1.29, 1.82) is 0 Å². The Morgan fingerprint density at radius 1 is 1.10 bits per heavy atom. The van der Waals surface area contributed by atoms with Crippen molar-refractivity contribution in [2.45, 2.75) is 71.0 Å². The Morgan fingerprint density at radius 3 is 2.39 bits per heavy atom. The summed E-state index contributed by atoms with van der Waals surface area (Å²) in [6.45, 7) is 5.17. The van der Waals surface area contributed by atoms with Crippen molar-refractivity contribution < 1.29 is 24.0 Å². The van der Waals surface area contributed by atoms with Gasteiger partial charge >= 0.3 is 0 Å². The van der Waals surface area contributed by atoms with Gasteiger partial charge in [0.1, 0.15) is 12.1 Å². The number of rotatable bonds is 10. The van der Waals surface area contributed by atoms with Gasteiger partial charge < -0.3 is 15.5 Å². The highest BCUT2D eigenvalue weighted by atomic mass is 16.2. The summed E-state index contributed by atoms with van der Waals surface area (Å²) in [7, 11) is 0. The van der Waals surface area contributed by atoms with Crippen LogP contribution in [-0.4, -0.2) is 58.9 Å². The average molecular weight is 430 g/mol. The van der Waals surface area contributed by atoms with Gasteiger partial charge in [0, 0.05) is 19.9 Å². The van der Waals surface area contributed by atoms with E-state index in [4.69, 9.17) is 0 Å². The number of likely N-dealkylation sites (tertiary alicyclic amines) is 1. The number of benzene rings is 1. The minimum atomic E-state index is -0.918. The van der Waals surface area contributed by atoms with E-state index in [0.29, 0.717) is 32.2 Å². The third-order valence-corrected chi connectivity index (χ3v) is 5.32. The van der Waals surface area contributed by atoms with Crippen molar-refractivity contribution >= 4 is 29.3 Å². The monoisotopic (exact) mass is 429 g/mol. The second kappa shape index (κ2) is 11.4. The molecule has 0 aliphatic carbocycles. The summed E-state index contributed by atoms with van der Waals surface area (Å²) >= 11 is 0. The lowest BCUT2D eigenvalue weighted by molar-refractivity contribution is -0.142. The van der Waals surface area contributed by atoms with Gasteiger partial charge in [-0.15, -0.1) is 0 Å². The molecule has 1 saturated heterocycles. The minimum Gasteiger partial charge on any atom is -0.345 e. The van der Waals surface area contributed by atoms with Gasteiger partial charge in [-0.2, -0.15) is 0 Å². The molecular formula is C23H31N3O5. The zero-order valence-electron chi connectivity index (χ0n) is 18.3. The van der Waals surface area contributed by atoms with Gasteiger partial charge in [-0.05, 0) is 31.7 Å². The lowest BCUT2D eigenvalue weighted by Crippen LogP contribution is -2.55. The largest absolute Gasteiger partial charge is 0.345 e. The van der Waals surface area contributed by atoms with E-state index < -0.39 is 35.6 Å². The van der Waals surface area contributed by atoms with Crippen LogP contribution in [0.25, 0.3) is 0 Å². The first-order valence-electron chi connectivity index (χ1n) is 10.7. The Hall–Kier alpha value is -3.03. The molecule has 168 valence electrons. The highest BCUT2D eigenvalue weighted by Gasteiger charge is 2.38. The summed E-state index contributed by atoms with van der Waals surface area (Å²) < 4.78 is 0. The van der Waals surface area contributed by atoms with Crippen molar-refractivity contribution in [2.75, 3.05) is 6.54 Å². The summed E-state index contributed by atoms with van der Waals surface area (Å²) in [5, 5.41) is 5.24. The lowest BCUT2D eigenvalue weighted by atomic mass is 9.98. The maximum Gasteiger partial charge on any atom is 0.245 e. The Morgan fingerprint density at radius 2 is 1.77 bits per heavy atom. The van der Waals surface area contributed by atoms with Crippen LogP contribution < -0.4 is 10.6 Å². The van der Waals surface area contributed by atoms with Crippen LogP contribution in [0.15, 0.2) is 30.3 Å². The molecule has 31 heavy (non-hydrogen) atoms. The number of carbonyl (C=O) groups is 5. The fraction of sp³-hybridized carbons (Fsp3) is 0.522. The van der Waals surface area contributed by atoms with E-state index in [1.807, 2.05) is 13.0 Å². The molecule has 1 heterocycles. The molecular weight excluding hydrogens is 398 g/mol. The van der Waals surface area contributed by atoms with Crippen molar-refractivity contribution in [3.05, 3.63) is 35.9 Å². The summed E-state index contributed by atoms with van der Waals surface area (Å²) in [5.41, 5.74) is 0.738. The van der Waals surface area contributed by atoms with Crippen LogP contribution >= 0.6 is 0 Å². The second-order valence-corrected chi connectivity index (χ2v) is 7.91. The zero-order valence-corrected chi connectivity index (χ0v) is 18.3. The summed E-state index contributed by atoms with van der Waals surface area (Å²) in [6.07, 6.45) is 2.06. The first kappa shape index (κ1) is 24.2. The molecule has 1 aromatic rings. The summed E-state index contributed by atoms with van der Waals surface area (Å²) in [5.74, 6) is -2.29. The second-order valence-electron chi connectivity index (χ2n) is 7.91. The van der Waals surface area contributed by atoms with E-state index in [1.165, 1.54) is 11.8 Å². The number of ketones is 2. The Bertz CT molecular complexity index is 824. The van der Waals surface area contributed by atoms with Crippen molar-refractivity contribution in [3.8, 4) is 0 Å². The van der Waals surface area contributed by atoms with Crippen LogP contribution in [0, 0.1) is 0 Å². The van der Waals surface area contributed by atoms with Crippen LogP contribution in [0.4, 0.5) is 0 Å². The fourth-order valence-electron chi connectivity index (χ4n) is 3.81. The van der Waals surface area contributed by atoms with Gasteiger partial charge in [0.2, 0.25) is 29.3 Å². The third-order valence-electron chi connectivity index (χ3n) is 5.32. The lowest BCUT2D eigenvalue weighted by Gasteiger charge is -2.28. The van der Waals surface area contributed by atoms with Gasteiger partial charge in [0.05, 0.1) is 6.04 Å². The number of nitrogens with zero attached hydrogens (tertiary/aromatic N) is 1. The molecule has 0 spiro atoms. The number of Topliss-reactive ketones (excluding diaryl/α,β-unsaturated/α-hetero) is 2. The minimum absolute atomic E-state index is 0.0158. The van der Waals surface area contributed by atoms with Crippen molar-refractivity contribution in [3.63, 3.8) is 0 Å². The van der Waals surface area contributed by atoms with E-state index in [1.54, 1.807) is 31.2 Å². The van der Waals surface area contributed by atoms with E-state index >= 15 is 0 Å². The molecule has 3 amide bonds. The molecule has 0 unspecified atom stereocenters. The number of amides is 3. The molecule has 1 aliphatic rings. The molecule has 2 N–H and O–H groups in total. The number of nitrogens with one attached hydrogen (secondary N) is 2. The maximum atomic E-state index is 12.9. The third kappa shape index (κ3) is 6.73. The van der Waals surface area contributed by atoms with Gasteiger partial charge in [-0.1, -0.05) is 43.7 Å². The SMILES string of the molecule is CCC[C@H](NC(=O)[C@@H]1CCCN1C(=O)[C@H](C)NC(C)=O)C(=O)C(=O)Cc1ccccc1. The Labute approximate surface area is 182 Å². The van der Waals surface area contributed by atoms with Crippen molar-refractivity contribution in [2.24, 2.45) is 0 Å². The van der Waals surface area contributed by atoms with Crippen LogP contribution in [0.2, 0.25) is 0 Å². The first-order valence-corrected chi connectivity index (χ1v) is 10.7. The predicted octanol–water partition coefficient (Wildman–Crippen LogP) is 1.17. The quantitative estimate of drug-likeness (QED) is 0.542. The molecule has 0 bridgehead atoms. The van der Waals surface area contributed by atoms with E-state index in [-0.39, 0.29) is 18.2 Å². The van der Waals surface area contributed by atoms with Gasteiger partial charge in [0.15, 0.2) is 0 Å². The fourth-order valence-corrected chi connectivity index (χ4v) is 3.81. The van der Waals surface area contributed by atoms with Crippen LogP contribution in [-0.2, 0) is 30.4 Å². The van der Waals surface area contributed by atoms with Crippen LogP contribution in [0.1, 0.15) is 52.0 Å². The number of carbonyl (C=O) groups excluding carboxylic acids is 5. The number of hydrogen-bond donors (Lipinski definition) is 2. The first-order chi connectivity index (χ1) is 14.7. The van der Waals surface area contributed by atoms with E-state index in [0.717, 1.165) is 5.56 Å². The molecule has 1 fully saturated rings. The Balaban J connectivity index is 2.04. The molecule has 0 aromatic heterocycles. The molecule has 8 heteroatoms. The van der Waals surface area contributed by atoms with Gasteiger partial charge in [-0.25, -0.2) is 0 Å². The standard InChI is InChI=1S/C23H31N3O5/c1-4-9-18(21(29)20(28)14-17-10-6-5-7-11-17)25-22(30)19-12-8-13-26(19)23(31)15(2)24-16(3)27/h5-7,10-11,15,18-19H,4,8-9,12-14H2,1-3H3,(H,24,27)(H,25,30)/t15-,18-,19-/m0/s1. The highest BCUT2D eigenvalue weighted by molar-refractivity contribution is 6.39. The highest BCUT2D eigenvalue weighted by Crippen LogP contribution is 2.19. The van der Waals surface area contributed by atoms with E-state index in [9.17, 15) is 24.0 Å². The molecule has 2 rings (SSSR count). The Kier molecular flexibility index (Phi) is 8.90. The van der Waals surface area contributed by atoms with Crippen molar-refractivity contribution in [1.82, 2.24) is 15.5 Å². The van der Waals surface area contributed by atoms with Crippen LogP contribution in [0.5, 0.6) is 0 Å². The van der Waals surface area contributed by atoms with E-state index in [2.05, 4.69) is 10.6 Å². The maximum absolute atomic E-state index is 12.9. The summed E-state index contributed by atoms with van der Waals surface area (Å²) in [6, 6.07) is 6.59. The molecule has 3 atom stereocenters. The average Bonchev–Trinajstić information content (AvgIpc) is 3.22. The molecule has 0 radical (unpaired) electrons. The predicted molar refractivity (Wildman–Crippen MR) is 115 cm³/mol.